The molecule has 0 aliphatic rings. The molecule has 18 heavy (non-hydrogen) atoms. The Morgan fingerprint density at radius 3 is 2.78 bits per heavy atom. The Bertz CT molecular complexity index is 502. The van der Waals surface area contributed by atoms with Gasteiger partial charge in [0.05, 0.1) is 12.0 Å². The zero-order valence-corrected chi connectivity index (χ0v) is 10.4. The number of benzene rings is 1. The van der Waals surface area contributed by atoms with Gasteiger partial charge in [-0.1, -0.05) is 6.07 Å². The van der Waals surface area contributed by atoms with Gasteiger partial charge in [-0.15, -0.1) is 0 Å². The third-order valence-corrected chi connectivity index (χ3v) is 3.57. The monoisotopic (exact) mass is 269 g/mol. The second-order valence-corrected chi connectivity index (χ2v) is 4.90. The average molecular weight is 269 g/mol. The van der Waals surface area contributed by atoms with Crippen molar-refractivity contribution in [3.63, 3.8) is 0 Å². The van der Waals surface area contributed by atoms with E-state index in [-0.39, 0.29) is 0 Å². The summed E-state index contributed by atoms with van der Waals surface area (Å²) >= 11 is 1.55. The van der Waals surface area contributed by atoms with Gasteiger partial charge in [-0.2, -0.15) is 11.8 Å². The highest BCUT2D eigenvalue weighted by Crippen LogP contribution is 2.22. The van der Waals surface area contributed by atoms with Crippen LogP contribution < -0.4 is 5.73 Å². The van der Waals surface area contributed by atoms with Gasteiger partial charge in [0, 0.05) is 23.4 Å². The second-order valence-electron chi connectivity index (χ2n) is 3.87. The fraction of sp³-hybridized carbons (Fsp3) is 0.231. The molecule has 0 radical (unpaired) electrons. The van der Waals surface area contributed by atoms with Crippen LogP contribution in [0.2, 0.25) is 0 Å². The van der Waals surface area contributed by atoms with Gasteiger partial charge in [0.2, 0.25) is 0 Å². The molecule has 1 heterocycles. The van der Waals surface area contributed by atoms with Gasteiger partial charge in [-0.05, 0) is 18.2 Å². The molecule has 1 aromatic carbocycles. The Labute approximate surface area is 108 Å². The molecule has 2 aromatic rings. The topological polar surface area (TPSA) is 39.2 Å². The molecule has 0 aliphatic heterocycles. The van der Waals surface area contributed by atoms with Crippen LogP contribution in [0.25, 0.3) is 0 Å². The SMILES string of the molecule is NC(CSCc1ccco1)c1ccc(F)cc1F. The van der Waals surface area contributed by atoms with Gasteiger partial charge in [0.1, 0.15) is 17.4 Å². The van der Waals surface area contributed by atoms with Crippen LogP contribution in [0.1, 0.15) is 17.4 Å². The molecule has 2 nitrogen and oxygen atoms in total. The Balaban J connectivity index is 1.89. The van der Waals surface area contributed by atoms with Crippen molar-refractivity contribution in [1.82, 2.24) is 0 Å². The number of nitrogens with two attached hydrogens (primary N) is 1. The van der Waals surface area contributed by atoms with Crippen molar-refractivity contribution in [2.24, 2.45) is 5.73 Å². The summed E-state index contributed by atoms with van der Waals surface area (Å²) in [7, 11) is 0. The van der Waals surface area contributed by atoms with Crippen LogP contribution in [0.3, 0.4) is 0 Å². The predicted octanol–water partition coefficient (Wildman–Crippen LogP) is 3.49. The van der Waals surface area contributed by atoms with Crippen LogP contribution in [0.5, 0.6) is 0 Å². The molecule has 96 valence electrons. The van der Waals surface area contributed by atoms with E-state index in [1.807, 2.05) is 12.1 Å². The number of hydrogen-bond donors (Lipinski definition) is 1. The second kappa shape index (κ2) is 6.02. The van der Waals surface area contributed by atoms with Gasteiger partial charge in [0.15, 0.2) is 0 Å². The molecular weight excluding hydrogens is 256 g/mol. The predicted molar refractivity (Wildman–Crippen MR) is 68.2 cm³/mol. The molecule has 5 heteroatoms. The van der Waals surface area contributed by atoms with Gasteiger partial charge in [-0.25, -0.2) is 8.78 Å². The van der Waals surface area contributed by atoms with E-state index in [2.05, 4.69) is 0 Å². The Morgan fingerprint density at radius 2 is 2.11 bits per heavy atom. The number of halogens is 2. The van der Waals surface area contributed by atoms with Crippen LogP contribution in [-0.4, -0.2) is 5.75 Å². The minimum Gasteiger partial charge on any atom is -0.468 e. The summed E-state index contributed by atoms with van der Waals surface area (Å²) in [5.74, 6) is 0.895. The van der Waals surface area contributed by atoms with E-state index >= 15 is 0 Å². The molecule has 1 unspecified atom stereocenters. The smallest absolute Gasteiger partial charge is 0.130 e. The average Bonchev–Trinajstić information content (AvgIpc) is 2.81. The summed E-state index contributed by atoms with van der Waals surface area (Å²) in [6.45, 7) is 0. The summed E-state index contributed by atoms with van der Waals surface area (Å²) in [6, 6.07) is 6.70. The van der Waals surface area contributed by atoms with Crippen molar-refractivity contribution in [3.05, 3.63) is 59.6 Å². The minimum absolute atomic E-state index is 0.336. The van der Waals surface area contributed by atoms with Crippen molar-refractivity contribution in [2.75, 3.05) is 5.75 Å². The van der Waals surface area contributed by atoms with E-state index in [4.69, 9.17) is 10.2 Å². The molecule has 1 atom stereocenters. The quantitative estimate of drug-likeness (QED) is 0.903. The standard InChI is InChI=1S/C13H13F2NOS/c14-9-3-4-11(12(15)6-9)13(16)8-18-7-10-2-1-5-17-10/h1-6,13H,7-8,16H2. The first-order valence-corrected chi connectivity index (χ1v) is 6.63. The van der Waals surface area contributed by atoms with Gasteiger partial charge in [-0.3, -0.25) is 0 Å². The molecule has 0 spiro atoms. The summed E-state index contributed by atoms with van der Waals surface area (Å²) in [6.07, 6.45) is 1.61. The van der Waals surface area contributed by atoms with Crippen molar-refractivity contribution < 1.29 is 13.2 Å². The zero-order valence-electron chi connectivity index (χ0n) is 9.61. The first-order valence-electron chi connectivity index (χ1n) is 5.47. The van der Waals surface area contributed by atoms with Crippen molar-refractivity contribution in [2.45, 2.75) is 11.8 Å². The minimum atomic E-state index is -0.596. The summed E-state index contributed by atoms with van der Waals surface area (Å²) < 4.78 is 31.4. The largest absolute Gasteiger partial charge is 0.468 e. The molecule has 0 fully saturated rings. The van der Waals surface area contributed by atoms with Gasteiger partial charge < -0.3 is 10.2 Å². The van der Waals surface area contributed by atoms with Crippen LogP contribution >= 0.6 is 11.8 Å². The maximum Gasteiger partial charge on any atom is 0.130 e. The molecule has 2 rings (SSSR count). The van der Waals surface area contributed by atoms with E-state index in [9.17, 15) is 8.78 Å². The van der Waals surface area contributed by atoms with Crippen molar-refractivity contribution >= 4 is 11.8 Å². The number of hydrogen-bond acceptors (Lipinski definition) is 3. The molecule has 0 aliphatic carbocycles. The molecule has 1 aromatic heterocycles. The first-order chi connectivity index (χ1) is 8.66. The number of rotatable bonds is 5. The molecule has 0 saturated carbocycles. The normalized spacial score (nSPS) is 12.6. The maximum atomic E-state index is 13.5. The van der Waals surface area contributed by atoms with Gasteiger partial charge in [0.25, 0.3) is 0 Å². The third-order valence-electron chi connectivity index (χ3n) is 2.48. The highest BCUT2D eigenvalue weighted by molar-refractivity contribution is 7.98. The molecule has 0 saturated heterocycles. The van der Waals surface area contributed by atoms with Gasteiger partial charge >= 0.3 is 0 Å². The van der Waals surface area contributed by atoms with E-state index in [0.717, 1.165) is 11.8 Å². The Kier molecular flexibility index (Phi) is 4.38. The first kappa shape index (κ1) is 13.1. The van der Waals surface area contributed by atoms with Crippen molar-refractivity contribution in [3.8, 4) is 0 Å². The molecule has 0 amide bonds. The highest BCUT2D eigenvalue weighted by atomic mass is 32.2. The van der Waals surface area contributed by atoms with Crippen LogP contribution in [0, 0.1) is 11.6 Å². The molecule has 0 bridgehead atoms. The van der Waals surface area contributed by atoms with E-state index in [1.54, 1.807) is 18.0 Å². The zero-order chi connectivity index (χ0) is 13.0. The Hall–Kier alpha value is -1.33. The van der Waals surface area contributed by atoms with E-state index < -0.39 is 17.7 Å². The molecular formula is C13H13F2NOS. The van der Waals surface area contributed by atoms with E-state index in [1.165, 1.54) is 12.1 Å². The lowest BCUT2D eigenvalue weighted by Gasteiger charge is -2.12. The lowest BCUT2D eigenvalue weighted by Crippen LogP contribution is -2.15. The van der Waals surface area contributed by atoms with Crippen LogP contribution in [0.4, 0.5) is 8.78 Å². The summed E-state index contributed by atoms with van der Waals surface area (Å²) in [5, 5.41) is 0. The van der Waals surface area contributed by atoms with Crippen molar-refractivity contribution in [1.29, 1.82) is 0 Å². The number of thioether (sulfide) groups is 1. The lowest BCUT2D eigenvalue weighted by atomic mass is 10.1. The fourth-order valence-corrected chi connectivity index (χ4v) is 2.49. The third kappa shape index (κ3) is 3.34. The summed E-state index contributed by atoms with van der Waals surface area (Å²) in [4.78, 5) is 0. The fourth-order valence-electron chi connectivity index (χ4n) is 1.57. The maximum absolute atomic E-state index is 13.5. The van der Waals surface area contributed by atoms with Crippen LogP contribution in [-0.2, 0) is 5.75 Å². The summed E-state index contributed by atoms with van der Waals surface area (Å²) in [5.41, 5.74) is 6.21. The number of furan rings is 1. The lowest BCUT2D eigenvalue weighted by molar-refractivity contribution is 0.530. The molecule has 2 N–H and O–H groups in total. The van der Waals surface area contributed by atoms with Crippen LogP contribution in [0.15, 0.2) is 41.0 Å². The highest BCUT2D eigenvalue weighted by Gasteiger charge is 2.12. The Morgan fingerprint density at radius 1 is 1.28 bits per heavy atom. The van der Waals surface area contributed by atoms with E-state index in [0.29, 0.717) is 17.1 Å².